The molecule has 2 saturated carbocycles. The van der Waals surface area contributed by atoms with E-state index in [4.69, 9.17) is 18.9 Å². The maximum Gasteiger partial charge on any atom is 0.421 e. The Kier molecular flexibility index (Phi) is 16.9. The van der Waals surface area contributed by atoms with Crippen molar-refractivity contribution in [2.75, 3.05) is 88.1 Å². The minimum absolute atomic E-state index is 0.0446. The molecule has 0 radical (unpaired) electrons. The number of halogens is 6. The number of likely N-dealkylation sites (tertiary alicyclic amines) is 2. The van der Waals surface area contributed by atoms with Gasteiger partial charge < -0.3 is 49.2 Å². The molecule has 2 aliphatic carbocycles. The Morgan fingerprint density at radius 3 is 1.29 bits per heavy atom. The normalized spacial score (nSPS) is 23.8. The lowest BCUT2D eigenvalue weighted by atomic mass is 9.86. The molecule has 4 aromatic heterocycles. The number of pyridine rings is 2. The summed E-state index contributed by atoms with van der Waals surface area (Å²) in [5.41, 5.74) is 2.36. The molecule has 18 nitrogen and oxygen atoms in total. The fraction of sp³-hybridized carbons (Fsp3) is 0.615. The number of nitrogens with one attached hydrogen (secondary N) is 2. The van der Waals surface area contributed by atoms with Gasteiger partial charge in [0.25, 0.3) is 0 Å². The fourth-order valence-electron chi connectivity index (χ4n) is 11.5. The van der Waals surface area contributed by atoms with Crippen LogP contribution in [0.25, 0.3) is 0 Å². The van der Waals surface area contributed by atoms with Gasteiger partial charge in [0, 0.05) is 114 Å². The number of methoxy groups -OCH3 is 4. The number of anilines is 4. The molecule has 24 heteroatoms. The number of hydrogen-bond donors (Lipinski definition) is 2. The molecule has 0 unspecified atom stereocenters. The van der Waals surface area contributed by atoms with Crippen LogP contribution < -0.4 is 29.9 Å². The summed E-state index contributed by atoms with van der Waals surface area (Å²) < 4.78 is 102. The van der Waals surface area contributed by atoms with E-state index in [9.17, 15) is 35.9 Å². The molecule has 2 atom stereocenters. The summed E-state index contributed by atoms with van der Waals surface area (Å²) in [6, 6.07) is 2.24. The van der Waals surface area contributed by atoms with Gasteiger partial charge in [0.1, 0.15) is 35.4 Å². The van der Waals surface area contributed by atoms with Crippen molar-refractivity contribution in [3.8, 4) is 11.8 Å². The first-order valence-electron chi connectivity index (χ1n) is 26.1. The van der Waals surface area contributed by atoms with E-state index in [0.29, 0.717) is 88.2 Å². The number of fused-ring (bicyclic) bond motifs is 2. The van der Waals surface area contributed by atoms with Crippen LogP contribution >= 0.6 is 0 Å². The Morgan fingerprint density at radius 1 is 0.539 bits per heavy atom. The Hall–Kier alpha value is -6.30. The maximum atomic E-state index is 13.6. The maximum absolute atomic E-state index is 13.6. The van der Waals surface area contributed by atoms with Gasteiger partial charge in [0.05, 0.1) is 61.6 Å². The first-order chi connectivity index (χ1) is 36.5. The van der Waals surface area contributed by atoms with Crippen LogP contribution in [-0.2, 0) is 57.3 Å². The second kappa shape index (κ2) is 23.5. The van der Waals surface area contributed by atoms with Gasteiger partial charge in [-0.25, -0.2) is 29.9 Å². The van der Waals surface area contributed by atoms with Gasteiger partial charge in [-0.05, 0) is 76.3 Å². The smallest absolute Gasteiger partial charge is 0.421 e. The summed E-state index contributed by atoms with van der Waals surface area (Å²) in [6.45, 7) is 4.29. The molecule has 10 rings (SSSR count). The Morgan fingerprint density at radius 2 is 0.934 bits per heavy atom. The zero-order chi connectivity index (χ0) is 53.7. The molecular formula is C52H66F6N12O6. The van der Waals surface area contributed by atoms with Crippen molar-refractivity contribution in [3.05, 3.63) is 70.8 Å². The highest BCUT2D eigenvalue weighted by atomic mass is 19.4. The molecule has 4 aromatic rings. The van der Waals surface area contributed by atoms with Crippen LogP contribution in [0.3, 0.4) is 0 Å². The van der Waals surface area contributed by atoms with Crippen molar-refractivity contribution >= 4 is 34.8 Å². The van der Waals surface area contributed by atoms with Crippen molar-refractivity contribution in [1.82, 2.24) is 39.7 Å². The van der Waals surface area contributed by atoms with Gasteiger partial charge in [0.2, 0.25) is 23.6 Å². The van der Waals surface area contributed by atoms with E-state index in [2.05, 4.69) is 40.5 Å². The highest BCUT2D eigenvalue weighted by Crippen LogP contribution is 2.40. The van der Waals surface area contributed by atoms with Crippen LogP contribution in [0.4, 0.5) is 49.4 Å². The molecule has 0 spiro atoms. The van der Waals surface area contributed by atoms with Gasteiger partial charge in [-0.1, -0.05) is 0 Å². The number of rotatable bonds is 12. The van der Waals surface area contributed by atoms with E-state index in [-0.39, 0.29) is 47.9 Å². The third kappa shape index (κ3) is 12.4. The number of amides is 2. The lowest BCUT2D eigenvalue weighted by molar-refractivity contribution is -0.139. The van der Waals surface area contributed by atoms with Gasteiger partial charge >= 0.3 is 12.4 Å². The fourth-order valence-corrected chi connectivity index (χ4v) is 11.5. The minimum Gasteiger partial charge on any atom is -0.481 e. The van der Waals surface area contributed by atoms with E-state index < -0.39 is 35.2 Å². The van der Waals surface area contributed by atoms with Crippen LogP contribution in [0.2, 0.25) is 0 Å². The molecule has 8 heterocycles. The molecule has 6 aliphatic rings. The molecule has 2 N–H and O–H groups in total. The van der Waals surface area contributed by atoms with Crippen LogP contribution in [0.15, 0.2) is 37.2 Å². The largest absolute Gasteiger partial charge is 0.481 e. The molecule has 412 valence electrons. The second-order valence-electron chi connectivity index (χ2n) is 20.4. The van der Waals surface area contributed by atoms with Gasteiger partial charge in [-0.3, -0.25) is 9.59 Å². The summed E-state index contributed by atoms with van der Waals surface area (Å²) >= 11 is 0. The molecule has 2 amide bonds. The van der Waals surface area contributed by atoms with E-state index >= 15 is 0 Å². The number of nitrogens with zero attached hydrogens (tertiary/aromatic N) is 10. The topological polar surface area (TPSA) is 185 Å². The van der Waals surface area contributed by atoms with Crippen LogP contribution in [0, 0.1) is 11.8 Å². The lowest BCUT2D eigenvalue weighted by Crippen LogP contribution is -2.38. The summed E-state index contributed by atoms with van der Waals surface area (Å²) in [6.07, 6.45) is 7.03. The number of ether oxygens (including phenoxy) is 4. The quantitative estimate of drug-likeness (QED) is 0.134. The third-order valence-corrected chi connectivity index (χ3v) is 15.8. The Labute approximate surface area is 437 Å². The first kappa shape index (κ1) is 54.5. The first-order valence-corrected chi connectivity index (χ1v) is 26.1. The highest BCUT2D eigenvalue weighted by molar-refractivity contribution is 5.80. The number of alkyl halides is 6. The number of carbonyl (C=O) groups is 2. The van der Waals surface area contributed by atoms with Crippen molar-refractivity contribution < 1.29 is 54.9 Å². The molecule has 4 aliphatic heterocycles. The summed E-state index contributed by atoms with van der Waals surface area (Å²) in [7, 11) is 5.80. The van der Waals surface area contributed by atoms with Gasteiger partial charge in [-0.15, -0.1) is 0 Å². The molecule has 0 aromatic carbocycles. The van der Waals surface area contributed by atoms with Crippen LogP contribution in [0.1, 0.15) is 97.8 Å². The summed E-state index contributed by atoms with van der Waals surface area (Å²) in [4.78, 5) is 59.3. The molecule has 0 bridgehead atoms. The third-order valence-electron chi connectivity index (χ3n) is 15.8. The van der Waals surface area contributed by atoms with Crippen molar-refractivity contribution in [3.63, 3.8) is 0 Å². The summed E-state index contributed by atoms with van der Waals surface area (Å²) in [5.74, 6) is 0.974. The minimum atomic E-state index is -4.58. The monoisotopic (exact) mass is 1070 g/mol. The SMILES string of the molecule is COc1ncc(N2CCc3ncnc(N[C@H]4CCN(C(=O)C5CCC(OC)CC5)C4)c3C2)cc1C(F)(F)F.COc1ncc(N2CCc3ncnc(N[C@H]4CCN(C(=O)C5CCC(OC)CC5)C4)c3C2)cc1C(F)(F)F. The van der Waals surface area contributed by atoms with Crippen LogP contribution in [-0.4, -0.2) is 144 Å². The zero-order valence-corrected chi connectivity index (χ0v) is 43.3. The molecular weight excluding hydrogens is 1000 g/mol. The second-order valence-corrected chi connectivity index (χ2v) is 20.4. The van der Waals surface area contributed by atoms with Crippen molar-refractivity contribution in [2.45, 2.75) is 127 Å². The van der Waals surface area contributed by atoms with E-state index in [1.54, 1.807) is 14.2 Å². The number of carbonyl (C=O) groups excluding carboxylic acids is 2. The number of aromatic nitrogens is 6. The number of hydrogen-bond acceptors (Lipinski definition) is 16. The van der Waals surface area contributed by atoms with E-state index in [1.165, 1.54) is 39.3 Å². The average Bonchev–Trinajstić information content (AvgIpc) is 4.12. The molecule has 2 saturated heterocycles. The van der Waals surface area contributed by atoms with Crippen molar-refractivity contribution in [1.29, 1.82) is 0 Å². The van der Waals surface area contributed by atoms with E-state index in [1.807, 2.05) is 19.6 Å². The Balaban J connectivity index is 0.000000186. The zero-order valence-electron chi connectivity index (χ0n) is 43.3. The predicted octanol–water partition coefficient (Wildman–Crippen LogP) is 7.36. The highest BCUT2D eigenvalue weighted by Gasteiger charge is 2.40. The molecule has 4 fully saturated rings. The summed E-state index contributed by atoms with van der Waals surface area (Å²) in [5, 5.41) is 6.98. The lowest BCUT2D eigenvalue weighted by Gasteiger charge is -2.32. The molecule has 76 heavy (non-hydrogen) atoms. The standard InChI is InChI=1S/2C26H33F3N6O3/c2*1-37-19-5-3-16(4-6-19)25(36)35-9-7-17(13-35)33-23-20-14-34(10-8-22(20)31-15-32-23)18-11-21(26(27,28)29)24(38-2)30-12-18/h2*11-12,15-17,19H,3-10,13-14H2,1-2H3,(H,31,32,33)/t2*16?,17-,19?/m00/s1. The Bertz CT molecular complexity index is 2490. The average molecular weight is 1070 g/mol. The van der Waals surface area contributed by atoms with Gasteiger partial charge in [-0.2, -0.15) is 26.3 Å². The van der Waals surface area contributed by atoms with Crippen molar-refractivity contribution in [2.24, 2.45) is 11.8 Å². The van der Waals surface area contributed by atoms with E-state index in [0.717, 1.165) is 98.9 Å². The van der Waals surface area contributed by atoms with Crippen LogP contribution in [0.5, 0.6) is 11.8 Å². The van der Waals surface area contributed by atoms with Gasteiger partial charge in [0.15, 0.2) is 0 Å². The predicted molar refractivity (Wildman–Crippen MR) is 268 cm³/mol.